The largest absolute Gasteiger partial charge is 0.380 e. The van der Waals surface area contributed by atoms with Crippen molar-refractivity contribution in [1.82, 2.24) is 15.3 Å². The van der Waals surface area contributed by atoms with Crippen LogP contribution in [0.15, 0.2) is 67.0 Å². The zero-order valence-electron chi connectivity index (χ0n) is 19.7. The monoisotopic (exact) mass is 480 g/mol. The van der Waals surface area contributed by atoms with Crippen LogP contribution < -0.4 is 16.0 Å². The van der Waals surface area contributed by atoms with E-state index < -0.39 is 0 Å². The molecule has 1 amide bonds. The summed E-state index contributed by atoms with van der Waals surface area (Å²) in [5, 5.41) is 17.9. The van der Waals surface area contributed by atoms with Gasteiger partial charge < -0.3 is 21.4 Å². The van der Waals surface area contributed by atoms with Crippen LogP contribution in [0.1, 0.15) is 30.0 Å². The van der Waals surface area contributed by atoms with Crippen LogP contribution in [0.4, 0.5) is 21.6 Å². The van der Waals surface area contributed by atoms with Crippen molar-refractivity contribution >= 4 is 40.2 Å². The lowest BCUT2D eigenvalue weighted by Gasteiger charge is -2.13. The molecule has 0 aliphatic rings. The molecule has 4 aromatic rings. The van der Waals surface area contributed by atoms with Crippen LogP contribution in [-0.4, -0.2) is 28.6 Å². The summed E-state index contributed by atoms with van der Waals surface area (Å²) in [7, 11) is 0. The van der Waals surface area contributed by atoms with Gasteiger partial charge >= 0.3 is 0 Å². The number of amides is 1. The fraction of sp³-hybridized carbons (Fsp3) is 0.143. The van der Waals surface area contributed by atoms with E-state index in [1.807, 2.05) is 42.5 Å². The number of rotatable bonds is 8. The summed E-state index contributed by atoms with van der Waals surface area (Å²) in [6.07, 6.45) is 3.18. The number of benzene rings is 3. The Morgan fingerprint density at radius 1 is 1.11 bits per heavy atom. The van der Waals surface area contributed by atoms with E-state index in [2.05, 4.69) is 37.8 Å². The van der Waals surface area contributed by atoms with E-state index in [1.165, 1.54) is 24.7 Å². The molecule has 0 spiro atoms. The summed E-state index contributed by atoms with van der Waals surface area (Å²) < 4.78 is 13.4. The van der Waals surface area contributed by atoms with Crippen LogP contribution in [-0.2, 0) is 11.3 Å². The molecule has 0 aliphatic carbocycles. The van der Waals surface area contributed by atoms with Gasteiger partial charge in [-0.05, 0) is 54.1 Å². The Balaban J connectivity index is 1.52. The molecule has 0 saturated carbocycles. The molecule has 0 atom stereocenters. The Labute approximate surface area is 208 Å². The van der Waals surface area contributed by atoms with Gasteiger partial charge in [-0.15, -0.1) is 0 Å². The SMILES string of the molecule is CCC(=O)NCC#Cc1ccc2ncnc(Nc3ccc(NCc4cccc(F)c4)c(C=N)c3)c2c1. The number of aromatic nitrogens is 2. The van der Waals surface area contributed by atoms with Crippen LogP contribution in [0.25, 0.3) is 10.9 Å². The molecule has 0 aliphatic heterocycles. The maximum absolute atomic E-state index is 13.4. The Morgan fingerprint density at radius 2 is 2.00 bits per heavy atom. The number of carbonyl (C=O) groups excluding carboxylic acids is 1. The van der Waals surface area contributed by atoms with Crippen LogP contribution in [0.2, 0.25) is 0 Å². The Hall–Kier alpha value is -4.77. The van der Waals surface area contributed by atoms with E-state index in [9.17, 15) is 9.18 Å². The van der Waals surface area contributed by atoms with Gasteiger partial charge in [0.05, 0.1) is 12.1 Å². The Morgan fingerprint density at radius 3 is 2.81 bits per heavy atom. The number of carbonyl (C=O) groups is 1. The van der Waals surface area contributed by atoms with E-state index in [0.29, 0.717) is 24.3 Å². The first-order valence-electron chi connectivity index (χ1n) is 11.5. The van der Waals surface area contributed by atoms with E-state index in [-0.39, 0.29) is 18.3 Å². The summed E-state index contributed by atoms with van der Waals surface area (Å²) >= 11 is 0. The minimum atomic E-state index is -0.282. The first kappa shape index (κ1) is 24.4. The molecule has 0 unspecified atom stereocenters. The number of nitrogens with zero attached hydrogens (tertiary/aromatic N) is 2. The zero-order valence-corrected chi connectivity index (χ0v) is 19.7. The molecule has 8 heteroatoms. The highest BCUT2D eigenvalue weighted by Crippen LogP contribution is 2.26. The van der Waals surface area contributed by atoms with Gasteiger partial charge in [0.2, 0.25) is 5.91 Å². The van der Waals surface area contributed by atoms with Gasteiger partial charge in [0.25, 0.3) is 0 Å². The maximum Gasteiger partial charge on any atom is 0.220 e. The summed E-state index contributed by atoms with van der Waals surface area (Å²) in [4.78, 5) is 20.1. The topological polar surface area (TPSA) is 103 Å². The maximum atomic E-state index is 13.4. The average Bonchev–Trinajstić information content (AvgIpc) is 2.90. The molecule has 0 fully saturated rings. The van der Waals surface area contributed by atoms with E-state index >= 15 is 0 Å². The lowest BCUT2D eigenvalue weighted by atomic mass is 10.1. The lowest BCUT2D eigenvalue weighted by molar-refractivity contribution is -0.120. The van der Waals surface area contributed by atoms with Crippen LogP contribution in [0, 0.1) is 23.1 Å². The number of halogens is 1. The summed E-state index contributed by atoms with van der Waals surface area (Å²) in [6.45, 7) is 2.52. The highest BCUT2D eigenvalue weighted by Gasteiger charge is 2.08. The van der Waals surface area contributed by atoms with Crippen molar-refractivity contribution in [3.8, 4) is 11.8 Å². The Bertz CT molecular complexity index is 1470. The number of nitrogens with one attached hydrogen (secondary N) is 4. The van der Waals surface area contributed by atoms with Crippen molar-refractivity contribution in [2.24, 2.45) is 0 Å². The van der Waals surface area contributed by atoms with Gasteiger partial charge in [0, 0.05) is 47.1 Å². The van der Waals surface area contributed by atoms with Crippen molar-refractivity contribution in [3.05, 3.63) is 89.5 Å². The molecular weight excluding hydrogens is 455 g/mol. The second-order valence-electron chi connectivity index (χ2n) is 7.94. The number of fused-ring (bicyclic) bond motifs is 1. The van der Waals surface area contributed by atoms with Gasteiger partial charge in [-0.1, -0.05) is 30.9 Å². The van der Waals surface area contributed by atoms with Crippen molar-refractivity contribution in [1.29, 1.82) is 5.41 Å². The third-order valence-corrected chi connectivity index (χ3v) is 5.40. The van der Waals surface area contributed by atoms with E-state index in [1.54, 1.807) is 13.0 Å². The fourth-order valence-electron chi connectivity index (χ4n) is 3.55. The summed E-state index contributed by atoms with van der Waals surface area (Å²) in [6, 6.07) is 17.6. The van der Waals surface area contributed by atoms with Crippen molar-refractivity contribution in [2.45, 2.75) is 19.9 Å². The first-order valence-corrected chi connectivity index (χ1v) is 11.5. The molecule has 4 rings (SSSR count). The van der Waals surface area contributed by atoms with Crippen molar-refractivity contribution < 1.29 is 9.18 Å². The lowest BCUT2D eigenvalue weighted by Crippen LogP contribution is -2.22. The van der Waals surface area contributed by atoms with Crippen molar-refractivity contribution in [2.75, 3.05) is 17.2 Å². The second-order valence-corrected chi connectivity index (χ2v) is 7.94. The number of hydrogen-bond donors (Lipinski definition) is 4. The fourth-order valence-corrected chi connectivity index (χ4v) is 3.55. The quantitative estimate of drug-likeness (QED) is 0.210. The average molecular weight is 481 g/mol. The molecular formula is C28H25FN6O. The highest BCUT2D eigenvalue weighted by atomic mass is 19.1. The molecule has 180 valence electrons. The predicted molar refractivity (Wildman–Crippen MR) is 141 cm³/mol. The minimum absolute atomic E-state index is 0.0397. The van der Waals surface area contributed by atoms with Gasteiger partial charge in [0.15, 0.2) is 0 Å². The van der Waals surface area contributed by atoms with Gasteiger partial charge in [0.1, 0.15) is 18.0 Å². The third-order valence-electron chi connectivity index (χ3n) is 5.40. The number of hydrogen-bond acceptors (Lipinski definition) is 6. The zero-order chi connectivity index (χ0) is 25.3. The van der Waals surface area contributed by atoms with Gasteiger partial charge in [-0.25, -0.2) is 14.4 Å². The predicted octanol–water partition coefficient (Wildman–Crippen LogP) is 5.00. The molecule has 1 aromatic heterocycles. The molecule has 0 bridgehead atoms. The third kappa shape index (κ3) is 6.21. The molecule has 36 heavy (non-hydrogen) atoms. The van der Waals surface area contributed by atoms with Crippen LogP contribution in [0.5, 0.6) is 0 Å². The normalized spacial score (nSPS) is 10.3. The summed E-state index contributed by atoms with van der Waals surface area (Å²) in [5.74, 6) is 6.30. The standard InChI is InChI=1S/C28H25FN6O/c1-2-27(36)31-12-4-6-19-8-10-26-24(14-19)28(34-18-33-26)35-23-9-11-25(21(15-23)16-30)32-17-20-5-3-7-22(29)13-20/h3,5,7-11,13-16,18,30,32H,2,12,17H2,1H3,(H,31,36)(H,33,34,35). The molecule has 7 nitrogen and oxygen atoms in total. The van der Waals surface area contributed by atoms with Gasteiger partial charge in [-0.2, -0.15) is 0 Å². The van der Waals surface area contributed by atoms with Crippen molar-refractivity contribution in [3.63, 3.8) is 0 Å². The highest BCUT2D eigenvalue weighted by molar-refractivity contribution is 5.93. The van der Waals surface area contributed by atoms with Crippen LogP contribution >= 0.6 is 0 Å². The molecule has 3 aromatic carbocycles. The summed E-state index contributed by atoms with van der Waals surface area (Å²) in [5.41, 5.74) is 4.55. The first-order chi connectivity index (χ1) is 17.6. The minimum Gasteiger partial charge on any atom is -0.380 e. The number of anilines is 3. The Kier molecular flexibility index (Phi) is 7.83. The van der Waals surface area contributed by atoms with Crippen LogP contribution in [0.3, 0.4) is 0 Å². The second kappa shape index (κ2) is 11.6. The van der Waals surface area contributed by atoms with E-state index in [4.69, 9.17) is 5.41 Å². The molecule has 4 N–H and O–H groups in total. The molecule has 0 radical (unpaired) electrons. The van der Waals surface area contributed by atoms with Gasteiger partial charge in [-0.3, -0.25) is 4.79 Å². The van der Waals surface area contributed by atoms with E-state index in [0.717, 1.165) is 33.4 Å². The molecule has 0 saturated heterocycles. The molecule has 1 heterocycles. The smallest absolute Gasteiger partial charge is 0.220 e.